The van der Waals surface area contributed by atoms with Gasteiger partial charge >= 0.3 is 0 Å². The molecule has 1 saturated heterocycles. The van der Waals surface area contributed by atoms with Gasteiger partial charge in [0.1, 0.15) is 6.54 Å². The summed E-state index contributed by atoms with van der Waals surface area (Å²) < 4.78 is 0. The second-order valence-electron chi connectivity index (χ2n) is 8.25. The van der Waals surface area contributed by atoms with Crippen LogP contribution in [0, 0.1) is 17.8 Å². The van der Waals surface area contributed by atoms with Crippen LogP contribution in [0.1, 0.15) is 46.9 Å². The zero-order valence-electron chi connectivity index (χ0n) is 17.2. The minimum absolute atomic E-state index is 0.133. The standard InChI is InChI=1S/C24H23ClN2O4/c1-15-11-12-17-19(13-15)24(31)27(23(17)30)26(14-21(28)16-7-3-2-4-8-16)22(29)18-9-5-6-10-20(18)25/h2-10,15,17,19H,11-14H2,1H3/t15-,17-,19+/m1/s1. The van der Waals surface area contributed by atoms with Crippen molar-refractivity contribution in [3.05, 3.63) is 70.7 Å². The molecule has 1 aliphatic heterocycles. The van der Waals surface area contributed by atoms with Gasteiger partial charge in [0.05, 0.1) is 22.4 Å². The number of hydrogen-bond donors (Lipinski definition) is 0. The predicted octanol–water partition coefficient (Wildman–Crippen LogP) is 4.00. The van der Waals surface area contributed by atoms with Crippen LogP contribution in [0.5, 0.6) is 0 Å². The molecule has 0 spiro atoms. The van der Waals surface area contributed by atoms with Gasteiger partial charge in [-0.15, -0.1) is 0 Å². The quantitative estimate of drug-likeness (QED) is 0.522. The lowest BCUT2D eigenvalue weighted by Gasteiger charge is -2.30. The van der Waals surface area contributed by atoms with Gasteiger partial charge < -0.3 is 0 Å². The van der Waals surface area contributed by atoms with Crippen molar-refractivity contribution in [1.82, 2.24) is 10.0 Å². The van der Waals surface area contributed by atoms with Gasteiger partial charge in [-0.1, -0.05) is 61.0 Å². The van der Waals surface area contributed by atoms with Gasteiger partial charge in [0.2, 0.25) is 0 Å². The Kier molecular flexibility index (Phi) is 5.92. The van der Waals surface area contributed by atoms with E-state index in [1.165, 1.54) is 6.07 Å². The zero-order valence-corrected chi connectivity index (χ0v) is 17.9. The van der Waals surface area contributed by atoms with Crippen LogP contribution in [-0.4, -0.2) is 40.1 Å². The molecule has 3 atom stereocenters. The van der Waals surface area contributed by atoms with Gasteiger partial charge in [-0.2, -0.15) is 5.01 Å². The largest absolute Gasteiger partial charge is 0.292 e. The third-order valence-corrected chi connectivity index (χ3v) is 6.46. The molecule has 2 aliphatic rings. The Bertz CT molecular complexity index is 1040. The fraction of sp³-hybridized carbons (Fsp3) is 0.333. The molecule has 160 valence electrons. The fourth-order valence-electron chi connectivity index (χ4n) is 4.47. The topological polar surface area (TPSA) is 74.8 Å². The number of fused-ring (bicyclic) bond motifs is 1. The molecule has 0 aromatic heterocycles. The number of rotatable bonds is 5. The molecule has 2 fully saturated rings. The average Bonchev–Trinajstić information content (AvgIpc) is 3.02. The monoisotopic (exact) mass is 438 g/mol. The van der Waals surface area contributed by atoms with Crippen LogP contribution in [-0.2, 0) is 9.59 Å². The lowest BCUT2D eigenvalue weighted by molar-refractivity contribution is -0.154. The number of nitrogens with zero attached hydrogens (tertiary/aromatic N) is 2. The van der Waals surface area contributed by atoms with Crippen LogP contribution in [0.3, 0.4) is 0 Å². The van der Waals surface area contributed by atoms with Crippen LogP contribution in [0.4, 0.5) is 0 Å². The van der Waals surface area contributed by atoms with Crippen molar-refractivity contribution >= 4 is 35.1 Å². The SMILES string of the molecule is C[C@@H]1CC[C@H]2C(=O)N(N(CC(=O)c3ccccc3)C(=O)c3ccccc3Cl)C(=O)[C@H]2C1. The number of carbonyl (C=O) groups excluding carboxylic acids is 4. The van der Waals surface area contributed by atoms with E-state index in [4.69, 9.17) is 11.6 Å². The number of halogens is 1. The summed E-state index contributed by atoms with van der Waals surface area (Å²) in [5.41, 5.74) is 0.526. The molecular formula is C24H23ClN2O4. The van der Waals surface area contributed by atoms with Crippen molar-refractivity contribution in [1.29, 1.82) is 0 Å². The highest BCUT2D eigenvalue weighted by atomic mass is 35.5. The molecule has 31 heavy (non-hydrogen) atoms. The van der Waals surface area contributed by atoms with E-state index >= 15 is 0 Å². The summed E-state index contributed by atoms with van der Waals surface area (Å²) in [5, 5.41) is 2.07. The molecule has 4 rings (SSSR count). The number of imide groups is 1. The normalized spacial score (nSPS) is 22.9. The smallest absolute Gasteiger partial charge is 0.274 e. The number of amides is 3. The maximum Gasteiger partial charge on any atom is 0.274 e. The molecular weight excluding hydrogens is 416 g/mol. The average molecular weight is 439 g/mol. The maximum absolute atomic E-state index is 13.4. The Morgan fingerprint density at radius 1 is 0.968 bits per heavy atom. The molecule has 0 N–H and O–H groups in total. The van der Waals surface area contributed by atoms with Crippen molar-refractivity contribution in [3.8, 4) is 0 Å². The summed E-state index contributed by atoms with van der Waals surface area (Å²) in [6.07, 6.45) is 2.07. The van der Waals surface area contributed by atoms with Crippen molar-refractivity contribution in [2.45, 2.75) is 26.2 Å². The first-order chi connectivity index (χ1) is 14.9. The molecule has 3 amide bonds. The molecule has 1 heterocycles. The van der Waals surface area contributed by atoms with Crippen molar-refractivity contribution in [2.24, 2.45) is 17.8 Å². The summed E-state index contributed by atoms with van der Waals surface area (Å²) in [6, 6.07) is 14.9. The van der Waals surface area contributed by atoms with E-state index in [0.717, 1.165) is 16.4 Å². The first kappa shape index (κ1) is 21.2. The predicted molar refractivity (Wildman–Crippen MR) is 115 cm³/mol. The first-order valence-electron chi connectivity index (χ1n) is 10.4. The van der Waals surface area contributed by atoms with Gasteiger partial charge in [-0.25, -0.2) is 5.01 Å². The van der Waals surface area contributed by atoms with Crippen LogP contribution in [0.25, 0.3) is 0 Å². The molecule has 0 unspecified atom stereocenters. The Morgan fingerprint density at radius 3 is 2.32 bits per heavy atom. The summed E-state index contributed by atoms with van der Waals surface area (Å²) >= 11 is 6.22. The van der Waals surface area contributed by atoms with E-state index in [2.05, 4.69) is 6.92 Å². The minimum atomic E-state index is -0.650. The second-order valence-corrected chi connectivity index (χ2v) is 8.66. The number of hydrogen-bond acceptors (Lipinski definition) is 4. The number of hydrazine groups is 1. The van der Waals surface area contributed by atoms with E-state index < -0.39 is 36.1 Å². The second kappa shape index (κ2) is 8.63. The number of Topliss-reactive ketones (excluding diaryl/α,β-unsaturated/α-hetero) is 1. The van der Waals surface area contributed by atoms with Gasteiger partial charge in [-0.05, 0) is 37.3 Å². The van der Waals surface area contributed by atoms with E-state index in [0.29, 0.717) is 24.3 Å². The van der Waals surface area contributed by atoms with Gasteiger partial charge in [-0.3, -0.25) is 19.2 Å². The molecule has 0 radical (unpaired) electrons. The molecule has 2 aromatic rings. The fourth-order valence-corrected chi connectivity index (χ4v) is 4.69. The summed E-state index contributed by atoms with van der Waals surface area (Å²) in [6.45, 7) is 1.63. The minimum Gasteiger partial charge on any atom is -0.292 e. The molecule has 2 aromatic carbocycles. The Balaban J connectivity index is 1.71. The summed E-state index contributed by atoms with van der Waals surface area (Å²) in [4.78, 5) is 52.8. The van der Waals surface area contributed by atoms with Crippen molar-refractivity contribution in [2.75, 3.05) is 6.54 Å². The van der Waals surface area contributed by atoms with Crippen molar-refractivity contribution < 1.29 is 19.2 Å². The molecule has 6 nitrogen and oxygen atoms in total. The lowest BCUT2D eigenvalue weighted by Crippen LogP contribution is -2.52. The summed E-state index contributed by atoms with van der Waals surface area (Å²) in [5.74, 6) is -2.42. The Hall–Kier alpha value is -2.99. The van der Waals surface area contributed by atoms with E-state index in [9.17, 15) is 19.2 Å². The highest BCUT2D eigenvalue weighted by Crippen LogP contribution is 2.41. The first-order valence-corrected chi connectivity index (χ1v) is 10.8. The van der Waals surface area contributed by atoms with Crippen LogP contribution in [0.15, 0.2) is 54.6 Å². The number of benzene rings is 2. The number of carbonyl (C=O) groups is 4. The van der Waals surface area contributed by atoms with Gasteiger partial charge in [0.25, 0.3) is 17.7 Å². The molecule has 1 saturated carbocycles. The van der Waals surface area contributed by atoms with Crippen LogP contribution < -0.4 is 0 Å². The van der Waals surface area contributed by atoms with E-state index in [1.807, 2.05) is 0 Å². The van der Waals surface area contributed by atoms with E-state index in [1.54, 1.807) is 48.5 Å². The number of ketones is 1. The van der Waals surface area contributed by atoms with E-state index in [-0.39, 0.29) is 16.4 Å². The van der Waals surface area contributed by atoms with Crippen LogP contribution >= 0.6 is 11.6 Å². The van der Waals surface area contributed by atoms with Gasteiger partial charge in [0.15, 0.2) is 5.78 Å². The Labute approximate surface area is 185 Å². The molecule has 1 aliphatic carbocycles. The Morgan fingerprint density at radius 2 is 1.61 bits per heavy atom. The lowest BCUT2D eigenvalue weighted by atomic mass is 9.76. The third kappa shape index (κ3) is 4.00. The zero-order chi connectivity index (χ0) is 22.1. The van der Waals surface area contributed by atoms with Crippen LogP contribution in [0.2, 0.25) is 5.02 Å². The molecule has 7 heteroatoms. The van der Waals surface area contributed by atoms with Crippen molar-refractivity contribution in [3.63, 3.8) is 0 Å². The highest BCUT2D eigenvalue weighted by molar-refractivity contribution is 6.34. The third-order valence-electron chi connectivity index (χ3n) is 6.13. The maximum atomic E-state index is 13.4. The molecule has 0 bridgehead atoms. The van der Waals surface area contributed by atoms with Gasteiger partial charge in [0, 0.05) is 5.56 Å². The summed E-state index contributed by atoms with van der Waals surface area (Å²) in [7, 11) is 0. The highest BCUT2D eigenvalue weighted by Gasteiger charge is 2.52.